The monoisotopic (exact) mass is 586 g/mol. The zero-order chi connectivity index (χ0) is 24.4. The lowest BCUT2D eigenvalue weighted by molar-refractivity contribution is -0.122. The molecule has 3 aromatic rings. The van der Waals surface area contributed by atoms with E-state index in [-0.39, 0.29) is 11.3 Å². The first-order valence-corrected chi connectivity index (χ1v) is 11.8. The van der Waals surface area contributed by atoms with E-state index in [0.717, 1.165) is 25.2 Å². The molecule has 1 aliphatic heterocycles. The van der Waals surface area contributed by atoms with Crippen LogP contribution in [0.5, 0.6) is 5.75 Å². The maximum Gasteiger partial charge on any atom is 0.335 e. The molecule has 0 aliphatic carbocycles. The summed E-state index contributed by atoms with van der Waals surface area (Å²) in [7, 11) is 0. The Morgan fingerprint density at radius 3 is 2.53 bits per heavy atom. The quantitative estimate of drug-likeness (QED) is 0.233. The number of carbonyl (C=O) groups excluding carboxylic acids is 3. The van der Waals surface area contributed by atoms with Crippen molar-refractivity contribution in [2.45, 2.75) is 20.5 Å². The van der Waals surface area contributed by atoms with Crippen molar-refractivity contribution in [3.8, 4) is 5.75 Å². The number of barbiturate groups is 1. The average molecular weight is 587 g/mol. The number of aryl methyl sites for hydroxylation is 2. The maximum atomic E-state index is 13.1. The summed E-state index contributed by atoms with van der Waals surface area (Å²) in [4.78, 5) is 38.9. The Morgan fingerprint density at radius 1 is 1.03 bits per heavy atom. The van der Waals surface area contributed by atoms with Crippen LogP contribution in [0.2, 0.25) is 5.02 Å². The van der Waals surface area contributed by atoms with Crippen molar-refractivity contribution in [1.82, 2.24) is 5.32 Å². The van der Waals surface area contributed by atoms with Crippen molar-refractivity contribution in [3.63, 3.8) is 0 Å². The van der Waals surface area contributed by atoms with Gasteiger partial charge in [0.2, 0.25) is 0 Å². The fraction of sp³-hybridized carbons (Fsp3) is 0.115. The van der Waals surface area contributed by atoms with Gasteiger partial charge in [0, 0.05) is 5.02 Å². The Balaban J connectivity index is 1.57. The lowest BCUT2D eigenvalue weighted by atomic mass is 10.1. The number of hydrogen-bond donors (Lipinski definition) is 1. The van der Waals surface area contributed by atoms with Crippen molar-refractivity contribution in [3.05, 3.63) is 97.1 Å². The van der Waals surface area contributed by atoms with Crippen LogP contribution in [0.25, 0.3) is 6.08 Å². The van der Waals surface area contributed by atoms with Gasteiger partial charge in [0.05, 0.1) is 9.26 Å². The lowest BCUT2D eigenvalue weighted by Crippen LogP contribution is -2.54. The Kier molecular flexibility index (Phi) is 7.04. The van der Waals surface area contributed by atoms with E-state index in [9.17, 15) is 14.4 Å². The predicted molar refractivity (Wildman–Crippen MR) is 140 cm³/mol. The molecule has 0 saturated carbocycles. The smallest absolute Gasteiger partial charge is 0.335 e. The van der Waals surface area contributed by atoms with Gasteiger partial charge in [-0.3, -0.25) is 14.9 Å². The number of benzene rings is 3. The summed E-state index contributed by atoms with van der Waals surface area (Å²) in [5, 5.41) is 2.63. The van der Waals surface area contributed by atoms with Crippen molar-refractivity contribution in [2.24, 2.45) is 0 Å². The van der Waals surface area contributed by atoms with E-state index < -0.39 is 17.8 Å². The highest BCUT2D eigenvalue weighted by Gasteiger charge is 2.37. The van der Waals surface area contributed by atoms with Gasteiger partial charge in [-0.25, -0.2) is 9.69 Å². The highest BCUT2D eigenvalue weighted by atomic mass is 127. The normalized spacial score (nSPS) is 15.0. The van der Waals surface area contributed by atoms with Crippen molar-refractivity contribution >= 4 is 63.8 Å². The maximum absolute atomic E-state index is 13.1. The molecular formula is C26H20ClIN2O4. The van der Waals surface area contributed by atoms with E-state index in [0.29, 0.717) is 22.9 Å². The highest BCUT2D eigenvalue weighted by molar-refractivity contribution is 14.1. The second-order valence-corrected chi connectivity index (χ2v) is 9.43. The van der Waals surface area contributed by atoms with Crippen LogP contribution in [0.3, 0.4) is 0 Å². The molecule has 0 aromatic heterocycles. The molecule has 1 fully saturated rings. The van der Waals surface area contributed by atoms with E-state index in [2.05, 4.69) is 34.0 Å². The number of nitrogens with zero attached hydrogens (tertiary/aromatic N) is 1. The zero-order valence-corrected chi connectivity index (χ0v) is 21.3. The molecule has 4 rings (SSSR count). The molecule has 34 heavy (non-hydrogen) atoms. The van der Waals surface area contributed by atoms with Gasteiger partial charge in [-0.1, -0.05) is 53.6 Å². The largest absolute Gasteiger partial charge is 0.488 e. The summed E-state index contributed by atoms with van der Waals surface area (Å²) in [6, 6.07) is 17.4. The standard InChI is InChI=1S/C26H20ClIN2O4/c1-15-4-3-5-18(10-15)14-34-23-9-7-17(12-22(23)28)11-20-24(31)29-26(33)30(25(20)32)19-8-6-16(2)21(27)13-19/h3-13H,14H2,1-2H3,(H,29,31,33)/b20-11-. The summed E-state index contributed by atoms with van der Waals surface area (Å²) in [6.07, 6.45) is 1.46. The molecule has 0 radical (unpaired) electrons. The molecule has 8 heteroatoms. The second-order valence-electron chi connectivity index (χ2n) is 7.86. The van der Waals surface area contributed by atoms with Crippen LogP contribution in [0.15, 0.2) is 66.2 Å². The molecular weight excluding hydrogens is 567 g/mol. The van der Waals surface area contributed by atoms with Crippen LogP contribution in [0, 0.1) is 17.4 Å². The minimum absolute atomic E-state index is 0.152. The number of anilines is 1. The van der Waals surface area contributed by atoms with Crippen LogP contribution in [0.4, 0.5) is 10.5 Å². The van der Waals surface area contributed by atoms with E-state index in [1.807, 2.05) is 38.1 Å². The van der Waals surface area contributed by atoms with Crippen LogP contribution in [-0.2, 0) is 16.2 Å². The third-order valence-corrected chi connectivity index (χ3v) is 6.51. The number of amides is 4. The van der Waals surface area contributed by atoms with Gasteiger partial charge < -0.3 is 4.74 Å². The fourth-order valence-corrected chi connectivity index (χ4v) is 4.34. The summed E-state index contributed by atoms with van der Waals surface area (Å²) in [6.45, 7) is 4.27. The molecule has 1 heterocycles. The molecule has 0 bridgehead atoms. The third-order valence-electron chi connectivity index (χ3n) is 5.26. The van der Waals surface area contributed by atoms with Gasteiger partial charge in [-0.2, -0.15) is 0 Å². The van der Waals surface area contributed by atoms with Crippen molar-refractivity contribution in [2.75, 3.05) is 4.90 Å². The van der Waals surface area contributed by atoms with Gasteiger partial charge in [-0.15, -0.1) is 0 Å². The van der Waals surface area contributed by atoms with E-state index in [1.54, 1.807) is 24.3 Å². The molecule has 3 aromatic carbocycles. The topological polar surface area (TPSA) is 75.7 Å². The molecule has 4 amide bonds. The molecule has 172 valence electrons. The minimum Gasteiger partial charge on any atom is -0.488 e. The number of imide groups is 2. The zero-order valence-electron chi connectivity index (χ0n) is 18.4. The number of ether oxygens (including phenoxy) is 1. The SMILES string of the molecule is Cc1cccc(COc2ccc(/C=C3/C(=O)NC(=O)N(c4ccc(C)c(Cl)c4)C3=O)cc2I)c1. The van der Waals surface area contributed by atoms with E-state index in [4.69, 9.17) is 16.3 Å². The molecule has 1 aliphatic rings. The predicted octanol–water partition coefficient (Wildman–Crippen LogP) is 5.81. The van der Waals surface area contributed by atoms with Crippen LogP contribution < -0.4 is 15.0 Å². The summed E-state index contributed by atoms with van der Waals surface area (Å²) >= 11 is 8.31. The molecule has 1 saturated heterocycles. The Morgan fingerprint density at radius 2 is 1.82 bits per heavy atom. The number of urea groups is 1. The van der Waals surface area contributed by atoms with Crippen LogP contribution in [-0.4, -0.2) is 17.8 Å². The van der Waals surface area contributed by atoms with Gasteiger partial charge in [0.25, 0.3) is 11.8 Å². The van der Waals surface area contributed by atoms with Crippen LogP contribution >= 0.6 is 34.2 Å². The average Bonchev–Trinajstić information content (AvgIpc) is 2.78. The number of nitrogens with one attached hydrogen (secondary N) is 1. The van der Waals surface area contributed by atoms with Gasteiger partial charge in [0.1, 0.15) is 17.9 Å². The summed E-state index contributed by atoms with van der Waals surface area (Å²) < 4.78 is 6.76. The first-order chi connectivity index (χ1) is 16.2. The Bertz CT molecular complexity index is 1350. The number of hydrogen-bond acceptors (Lipinski definition) is 4. The molecule has 1 N–H and O–H groups in total. The Labute approximate surface area is 215 Å². The first kappa shape index (κ1) is 24.0. The molecule has 0 spiro atoms. The first-order valence-electron chi connectivity index (χ1n) is 10.4. The lowest BCUT2D eigenvalue weighted by Gasteiger charge is -2.26. The van der Waals surface area contributed by atoms with Crippen molar-refractivity contribution < 1.29 is 19.1 Å². The molecule has 0 unspecified atom stereocenters. The van der Waals surface area contributed by atoms with Crippen LogP contribution in [0.1, 0.15) is 22.3 Å². The van der Waals surface area contributed by atoms with Crippen molar-refractivity contribution in [1.29, 1.82) is 0 Å². The molecule has 0 atom stereocenters. The second kappa shape index (κ2) is 9.99. The number of rotatable bonds is 5. The fourth-order valence-electron chi connectivity index (χ4n) is 3.47. The summed E-state index contributed by atoms with van der Waals surface area (Å²) in [5.74, 6) is -0.780. The highest BCUT2D eigenvalue weighted by Crippen LogP contribution is 2.28. The minimum atomic E-state index is -0.818. The van der Waals surface area contributed by atoms with Gasteiger partial charge in [0.15, 0.2) is 0 Å². The van der Waals surface area contributed by atoms with E-state index >= 15 is 0 Å². The van der Waals surface area contributed by atoms with Gasteiger partial charge >= 0.3 is 6.03 Å². The van der Waals surface area contributed by atoms with Gasteiger partial charge in [-0.05, 0) is 83.5 Å². The number of carbonyl (C=O) groups is 3. The summed E-state index contributed by atoms with van der Waals surface area (Å²) in [5.41, 5.74) is 3.79. The Hall–Kier alpha value is -3.17. The third kappa shape index (κ3) is 5.15. The number of halogens is 2. The molecule has 6 nitrogen and oxygen atoms in total. The van der Waals surface area contributed by atoms with E-state index in [1.165, 1.54) is 12.1 Å².